The molecule has 2 fully saturated rings. The zero-order valence-electron chi connectivity index (χ0n) is 17.4. The smallest absolute Gasteiger partial charge is 0.338 e. The van der Waals surface area contributed by atoms with E-state index >= 15 is 0 Å². The van der Waals surface area contributed by atoms with E-state index in [0.29, 0.717) is 15.7 Å². The molecule has 7 heteroatoms. The molecule has 0 N–H and O–H groups in total. The molecule has 0 saturated carbocycles. The van der Waals surface area contributed by atoms with E-state index in [1.165, 1.54) is 5.56 Å². The minimum atomic E-state index is -0.463. The summed E-state index contributed by atoms with van der Waals surface area (Å²) in [7, 11) is 0. The summed E-state index contributed by atoms with van der Waals surface area (Å²) in [5.41, 5.74) is 4.23. The van der Waals surface area contributed by atoms with Crippen molar-refractivity contribution in [3.63, 3.8) is 0 Å². The third kappa shape index (κ3) is 4.79. The summed E-state index contributed by atoms with van der Waals surface area (Å²) in [5.74, 6) is 1.69. The van der Waals surface area contributed by atoms with Gasteiger partial charge in [0.25, 0.3) is 0 Å². The van der Waals surface area contributed by atoms with Crippen LogP contribution in [-0.2, 0) is 16.0 Å². The number of aryl methyl sites for hydroxylation is 1. The van der Waals surface area contributed by atoms with E-state index in [0.717, 1.165) is 48.9 Å². The second-order valence-electron chi connectivity index (χ2n) is 7.73. The van der Waals surface area contributed by atoms with Gasteiger partial charge >= 0.3 is 5.97 Å². The first-order valence-electron chi connectivity index (χ1n) is 10.3. The van der Waals surface area contributed by atoms with Gasteiger partial charge in [-0.05, 0) is 50.5 Å². The number of hydrogen-bond donors (Lipinski definition) is 0. The van der Waals surface area contributed by atoms with Crippen LogP contribution in [0.3, 0.4) is 0 Å². The van der Waals surface area contributed by atoms with Crippen LogP contribution in [0.5, 0.6) is 0 Å². The SMILES string of the molecule is Cc1cc(C(=O)COC(=O)c2ccc(C3SCCS3)cc2)c(C)n1CC1CCCO1. The van der Waals surface area contributed by atoms with Crippen molar-refractivity contribution < 1.29 is 19.1 Å². The first-order valence-corrected chi connectivity index (χ1v) is 12.4. The number of hydrogen-bond acceptors (Lipinski definition) is 6. The van der Waals surface area contributed by atoms with Crippen LogP contribution in [0.1, 0.15) is 55.1 Å². The maximum Gasteiger partial charge on any atom is 0.338 e. The fourth-order valence-corrected chi connectivity index (χ4v) is 6.84. The number of Topliss-reactive ketones (excluding diaryl/α,β-unsaturated/α-hetero) is 1. The van der Waals surface area contributed by atoms with Crippen LogP contribution >= 0.6 is 23.5 Å². The van der Waals surface area contributed by atoms with Crippen LogP contribution in [0.2, 0.25) is 0 Å². The number of ether oxygens (including phenoxy) is 2. The van der Waals surface area contributed by atoms with Crippen molar-refractivity contribution in [3.05, 3.63) is 58.4 Å². The summed E-state index contributed by atoms with van der Waals surface area (Å²) in [6.07, 6.45) is 2.35. The minimum absolute atomic E-state index is 0.176. The van der Waals surface area contributed by atoms with Gasteiger partial charge in [0.2, 0.25) is 5.78 Å². The van der Waals surface area contributed by atoms with Crippen LogP contribution in [0, 0.1) is 13.8 Å². The number of thioether (sulfide) groups is 2. The summed E-state index contributed by atoms with van der Waals surface area (Å²) < 4.78 is 13.6. The molecule has 5 nitrogen and oxygen atoms in total. The van der Waals surface area contributed by atoms with E-state index in [4.69, 9.17) is 9.47 Å². The molecule has 2 aromatic rings. The lowest BCUT2D eigenvalue weighted by molar-refractivity contribution is 0.0474. The van der Waals surface area contributed by atoms with Crippen LogP contribution in [0.4, 0.5) is 0 Å². The predicted octanol–water partition coefficient (Wildman–Crippen LogP) is 4.80. The number of benzene rings is 1. The molecular formula is C23H27NO4S2. The Morgan fingerprint density at radius 2 is 1.90 bits per heavy atom. The normalized spacial score (nSPS) is 19.3. The van der Waals surface area contributed by atoms with E-state index in [9.17, 15) is 9.59 Å². The van der Waals surface area contributed by atoms with Crippen molar-refractivity contribution in [2.45, 2.75) is 43.9 Å². The maximum atomic E-state index is 12.7. The van der Waals surface area contributed by atoms with Crippen molar-refractivity contribution in [1.82, 2.24) is 4.57 Å². The van der Waals surface area contributed by atoms with Crippen molar-refractivity contribution >= 4 is 35.3 Å². The highest BCUT2D eigenvalue weighted by atomic mass is 32.2. The van der Waals surface area contributed by atoms with Crippen LogP contribution in [-0.4, -0.2) is 47.1 Å². The summed E-state index contributed by atoms with van der Waals surface area (Å²) in [6, 6.07) is 9.41. The number of ketones is 1. The fraction of sp³-hybridized carbons (Fsp3) is 0.478. The Hall–Kier alpha value is -1.70. The molecule has 2 aliphatic heterocycles. The molecule has 1 aromatic carbocycles. The van der Waals surface area contributed by atoms with Gasteiger partial charge in [-0.25, -0.2) is 4.79 Å². The standard InChI is InChI=1S/C23H27NO4S2/c1-15-12-20(16(2)24(15)13-19-4-3-9-27-19)21(25)14-28-22(26)17-5-7-18(8-6-17)23-29-10-11-30-23/h5-8,12,19,23H,3-4,9-11,13-14H2,1-2H3. The first kappa shape index (κ1) is 21.5. The topological polar surface area (TPSA) is 57.5 Å². The molecular weight excluding hydrogens is 418 g/mol. The highest BCUT2D eigenvalue weighted by Gasteiger charge is 2.22. The quantitative estimate of drug-likeness (QED) is 0.451. The van der Waals surface area contributed by atoms with Gasteiger partial charge in [0.05, 0.1) is 16.2 Å². The number of carbonyl (C=O) groups excluding carboxylic acids is 2. The van der Waals surface area contributed by atoms with E-state index in [1.807, 2.05) is 55.6 Å². The molecule has 2 aliphatic rings. The van der Waals surface area contributed by atoms with Gasteiger partial charge in [-0.1, -0.05) is 12.1 Å². The molecule has 4 rings (SSSR count). The summed E-state index contributed by atoms with van der Waals surface area (Å²) in [5, 5.41) is 0. The Kier molecular flexibility index (Phi) is 6.91. The highest BCUT2D eigenvalue weighted by molar-refractivity contribution is 8.19. The predicted molar refractivity (Wildman–Crippen MR) is 122 cm³/mol. The largest absolute Gasteiger partial charge is 0.454 e. The molecule has 30 heavy (non-hydrogen) atoms. The second kappa shape index (κ2) is 9.62. The molecule has 0 bridgehead atoms. The lowest BCUT2D eigenvalue weighted by Gasteiger charge is -2.14. The van der Waals surface area contributed by atoms with Crippen LogP contribution < -0.4 is 0 Å². The molecule has 1 unspecified atom stereocenters. The number of esters is 1. The van der Waals surface area contributed by atoms with E-state index in [2.05, 4.69) is 4.57 Å². The van der Waals surface area contributed by atoms with Crippen molar-refractivity contribution in [3.8, 4) is 0 Å². The summed E-state index contributed by atoms with van der Waals surface area (Å²) >= 11 is 3.86. The average molecular weight is 446 g/mol. The number of aromatic nitrogens is 1. The van der Waals surface area contributed by atoms with Gasteiger partial charge < -0.3 is 14.0 Å². The number of carbonyl (C=O) groups is 2. The van der Waals surface area contributed by atoms with Crippen molar-refractivity contribution in [2.75, 3.05) is 24.7 Å². The molecule has 160 valence electrons. The van der Waals surface area contributed by atoms with Gasteiger partial charge in [-0.2, -0.15) is 0 Å². The third-order valence-corrected chi connectivity index (χ3v) is 8.76. The molecule has 1 aromatic heterocycles. The van der Waals surface area contributed by atoms with Crippen LogP contribution in [0.15, 0.2) is 30.3 Å². The molecule has 3 heterocycles. The van der Waals surface area contributed by atoms with Gasteiger partial charge in [-0.15, -0.1) is 23.5 Å². The Morgan fingerprint density at radius 1 is 1.17 bits per heavy atom. The average Bonchev–Trinajstić information content (AvgIpc) is 3.51. The summed E-state index contributed by atoms with van der Waals surface area (Å²) in [6.45, 7) is 5.25. The Labute approximate surface area is 185 Å². The number of rotatable bonds is 7. The van der Waals surface area contributed by atoms with Crippen LogP contribution in [0.25, 0.3) is 0 Å². The van der Waals surface area contributed by atoms with Gasteiger partial charge in [0, 0.05) is 41.6 Å². The maximum absolute atomic E-state index is 12.7. The molecule has 0 amide bonds. The lowest BCUT2D eigenvalue weighted by Crippen LogP contribution is -2.18. The Morgan fingerprint density at radius 3 is 2.57 bits per heavy atom. The lowest BCUT2D eigenvalue weighted by atomic mass is 10.1. The highest BCUT2D eigenvalue weighted by Crippen LogP contribution is 2.45. The molecule has 2 saturated heterocycles. The van der Waals surface area contributed by atoms with E-state index < -0.39 is 5.97 Å². The number of nitrogens with zero attached hydrogens (tertiary/aromatic N) is 1. The minimum Gasteiger partial charge on any atom is -0.454 e. The Bertz CT molecular complexity index is 910. The van der Waals surface area contributed by atoms with E-state index in [1.54, 1.807) is 12.1 Å². The second-order valence-corrected chi connectivity index (χ2v) is 10.4. The van der Waals surface area contributed by atoms with Gasteiger partial charge in [-0.3, -0.25) is 4.79 Å². The summed E-state index contributed by atoms with van der Waals surface area (Å²) in [4.78, 5) is 25.1. The zero-order chi connectivity index (χ0) is 21.1. The molecule has 1 atom stereocenters. The van der Waals surface area contributed by atoms with E-state index in [-0.39, 0.29) is 18.5 Å². The van der Waals surface area contributed by atoms with Gasteiger partial charge in [0.1, 0.15) is 0 Å². The third-order valence-electron chi connectivity index (χ3n) is 5.66. The Balaban J connectivity index is 1.35. The molecule has 0 spiro atoms. The molecule has 0 aliphatic carbocycles. The molecule has 0 radical (unpaired) electrons. The zero-order valence-corrected chi connectivity index (χ0v) is 19.0. The van der Waals surface area contributed by atoms with Crippen molar-refractivity contribution in [2.24, 2.45) is 0 Å². The van der Waals surface area contributed by atoms with Gasteiger partial charge in [0.15, 0.2) is 6.61 Å². The first-order chi connectivity index (χ1) is 14.5. The monoisotopic (exact) mass is 445 g/mol. The van der Waals surface area contributed by atoms with Crippen molar-refractivity contribution in [1.29, 1.82) is 0 Å². The fourth-order valence-electron chi connectivity index (χ4n) is 3.98.